The maximum Gasteiger partial charge on any atom is 0.249 e. The minimum atomic E-state index is -3.53. The van der Waals surface area contributed by atoms with E-state index < -0.39 is 9.84 Å². The lowest BCUT2D eigenvalue weighted by Gasteiger charge is -2.06. The van der Waals surface area contributed by atoms with Gasteiger partial charge in [0, 0.05) is 24.1 Å². The first-order valence-electron chi connectivity index (χ1n) is 5.24. The van der Waals surface area contributed by atoms with Crippen LogP contribution in [0, 0.1) is 0 Å². The van der Waals surface area contributed by atoms with Gasteiger partial charge in [-0.3, -0.25) is 4.98 Å². The first kappa shape index (κ1) is 13.2. The molecule has 2 aromatic rings. The molecule has 0 spiro atoms. The molecule has 2 N–H and O–H groups in total. The van der Waals surface area contributed by atoms with Crippen molar-refractivity contribution >= 4 is 15.7 Å². The van der Waals surface area contributed by atoms with E-state index in [0.717, 1.165) is 6.26 Å². The summed E-state index contributed by atoms with van der Waals surface area (Å²) >= 11 is 0. The van der Waals surface area contributed by atoms with E-state index in [1.165, 1.54) is 25.6 Å². The predicted molar refractivity (Wildman–Crippen MR) is 69.3 cm³/mol. The molecule has 100 valence electrons. The van der Waals surface area contributed by atoms with Crippen molar-refractivity contribution in [1.82, 2.24) is 15.0 Å². The van der Waals surface area contributed by atoms with Crippen molar-refractivity contribution in [3.8, 4) is 17.0 Å². The highest BCUT2D eigenvalue weighted by Crippen LogP contribution is 2.22. The molecular formula is C11H12N4O3S. The topological polar surface area (TPSA) is 108 Å². The Morgan fingerprint density at radius 2 is 1.95 bits per heavy atom. The van der Waals surface area contributed by atoms with E-state index in [1.54, 1.807) is 6.07 Å². The number of pyridine rings is 1. The van der Waals surface area contributed by atoms with Gasteiger partial charge in [0.1, 0.15) is 11.6 Å². The van der Waals surface area contributed by atoms with E-state index in [-0.39, 0.29) is 11.0 Å². The van der Waals surface area contributed by atoms with E-state index in [1.807, 2.05) is 0 Å². The SMILES string of the molecule is COc1cncc(-c2cc(N)nc(S(C)(=O)=O)n2)c1. The number of nitrogen functional groups attached to an aromatic ring is 1. The quantitative estimate of drug-likeness (QED) is 0.817. The third kappa shape index (κ3) is 2.97. The maximum atomic E-state index is 11.5. The molecule has 0 fully saturated rings. The Morgan fingerprint density at radius 3 is 2.58 bits per heavy atom. The summed E-state index contributed by atoms with van der Waals surface area (Å²) in [6.07, 6.45) is 4.09. The standard InChI is InChI=1S/C11H12N4O3S/c1-18-8-3-7(5-13-6-8)9-4-10(12)15-11(14-9)19(2,16)17/h3-6H,1-2H3,(H2,12,14,15). The second kappa shape index (κ2) is 4.81. The molecule has 2 heterocycles. The summed E-state index contributed by atoms with van der Waals surface area (Å²) in [7, 11) is -2.01. The highest BCUT2D eigenvalue weighted by atomic mass is 32.2. The molecule has 19 heavy (non-hydrogen) atoms. The molecule has 8 heteroatoms. The molecule has 0 bridgehead atoms. The largest absolute Gasteiger partial charge is 0.495 e. The normalized spacial score (nSPS) is 11.3. The van der Waals surface area contributed by atoms with E-state index >= 15 is 0 Å². The van der Waals surface area contributed by atoms with Crippen LogP contribution in [0.5, 0.6) is 5.75 Å². The van der Waals surface area contributed by atoms with Crippen LogP contribution in [0.15, 0.2) is 29.7 Å². The Bertz CT molecular complexity index is 716. The van der Waals surface area contributed by atoms with Gasteiger partial charge in [-0.05, 0) is 6.07 Å². The summed E-state index contributed by atoms with van der Waals surface area (Å²) in [5, 5.41) is -0.315. The third-order valence-electron chi connectivity index (χ3n) is 2.30. The highest BCUT2D eigenvalue weighted by Gasteiger charge is 2.14. The Balaban J connectivity index is 2.59. The highest BCUT2D eigenvalue weighted by molar-refractivity contribution is 7.90. The van der Waals surface area contributed by atoms with Crippen LogP contribution in [-0.4, -0.2) is 36.7 Å². The Morgan fingerprint density at radius 1 is 1.21 bits per heavy atom. The molecule has 7 nitrogen and oxygen atoms in total. The van der Waals surface area contributed by atoms with Crippen molar-refractivity contribution in [2.45, 2.75) is 5.16 Å². The summed E-state index contributed by atoms with van der Waals surface area (Å²) in [6, 6.07) is 3.16. The average Bonchev–Trinajstić information content (AvgIpc) is 2.37. The fourth-order valence-electron chi connectivity index (χ4n) is 1.43. The Kier molecular flexibility index (Phi) is 3.34. The molecule has 0 aromatic carbocycles. The molecule has 0 radical (unpaired) electrons. The summed E-state index contributed by atoms with van der Waals surface area (Å²) in [4.78, 5) is 11.7. The predicted octanol–water partition coefficient (Wildman–Crippen LogP) is 0.533. The number of nitrogens with two attached hydrogens (primary N) is 1. The van der Waals surface area contributed by atoms with Crippen molar-refractivity contribution in [2.75, 3.05) is 19.1 Å². The smallest absolute Gasteiger partial charge is 0.249 e. The first-order chi connectivity index (χ1) is 8.90. The second-order valence-electron chi connectivity index (χ2n) is 3.85. The number of rotatable bonds is 3. The Labute approximate surface area is 110 Å². The van der Waals surface area contributed by atoms with Crippen LogP contribution in [0.3, 0.4) is 0 Å². The molecule has 0 atom stereocenters. The molecular weight excluding hydrogens is 268 g/mol. The fourth-order valence-corrected chi connectivity index (χ4v) is 1.96. The van der Waals surface area contributed by atoms with Gasteiger partial charge in [-0.25, -0.2) is 18.4 Å². The number of sulfone groups is 1. The van der Waals surface area contributed by atoms with Crippen LogP contribution in [-0.2, 0) is 9.84 Å². The average molecular weight is 280 g/mol. The fraction of sp³-hybridized carbons (Fsp3) is 0.182. The molecule has 2 rings (SSSR count). The van der Waals surface area contributed by atoms with Crippen molar-refractivity contribution in [1.29, 1.82) is 0 Å². The van der Waals surface area contributed by atoms with Gasteiger partial charge in [0.25, 0.3) is 0 Å². The molecule has 2 aromatic heterocycles. The maximum absolute atomic E-state index is 11.5. The molecule has 0 amide bonds. The summed E-state index contributed by atoms with van der Waals surface area (Å²) in [6.45, 7) is 0. The molecule has 0 unspecified atom stereocenters. The van der Waals surface area contributed by atoms with Crippen molar-refractivity contribution in [3.63, 3.8) is 0 Å². The number of hydrogen-bond acceptors (Lipinski definition) is 7. The van der Waals surface area contributed by atoms with Crippen molar-refractivity contribution < 1.29 is 13.2 Å². The molecule has 0 saturated heterocycles. The van der Waals surface area contributed by atoms with Crippen LogP contribution in [0.1, 0.15) is 0 Å². The van der Waals surface area contributed by atoms with Gasteiger partial charge in [-0.15, -0.1) is 0 Å². The Hall–Kier alpha value is -2.22. The zero-order valence-corrected chi connectivity index (χ0v) is 11.2. The summed E-state index contributed by atoms with van der Waals surface area (Å²) in [5.41, 5.74) is 6.57. The van der Waals surface area contributed by atoms with E-state index in [4.69, 9.17) is 10.5 Å². The van der Waals surface area contributed by atoms with Gasteiger partial charge in [0.05, 0.1) is 19.0 Å². The van der Waals surface area contributed by atoms with E-state index in [2.05, 4.69) is 15.0 Å². The van der Waals surface area contributed by atoms with Crippen LogP contribution < -0.4 is 10.5 Å². The van der Waals surface area contributed by atoms with Gasteiger partial charge in [0.2, 0.25) is 15.0 Å². The van der Waals surface area contributed by atoms with E-state index in [9.17, 15) is 8.42 Å². The number of hydrogen-bond donors (Lipinski definition) is 1. The van der Waals surface area contributed by atoms with Gasteiger partial charge in [-0.1, -0.05) is 0 Å². The van der Waals surface area contributed by atoms with Crippen LogP contribution in [0.25, 0.3) is 11.3 Å². The van der Waals surface area contributed by atoms with Crippen molar-refractivity contribution in [2.24, 2.45) is 0 Å². The van der Waals surface area contributed by atoms with E-state index in [0.29, 0.717) is 17.0 Å². The lowest BCUT2D eigenvalue weighted by atomic mass is 10.2. The van der Waals surface area contributed by atoms with Gasteiger partial charge in [-0.2, -0.15) is 0 Å². The number of nitrogens with zero attached hydrogens (tertiary/aromatic N) is 3. The molecule has 0 aliphatic carbocycles. The van der Waals surface area contributed by atoms with Gasteiger partial charge < -0.3 is 10.5 Å². The lowest BCUT2D eigenvalue weighted by molar-refractivity contribution is 0.413. The van der Waals surface area contributed by atoms with Crippen molar-refractivity contribution in [3.05, 3.63) is 24.5 Å². The van der Waals surface area contributed by atoms with Gasteiger partial charge >= 0.3 is 0 Å². The first-order valence-corrected chi connectivity index (χ1v) is 7.13. The van der Waals surface area contributed by atoms with Crippen LogP contribution >= 0.6 is 0 Å². The minimum absolute atomic E-state index is 0.0771. The number of aromatic nitrogens is 3. The monoisotopic (exact) mass is 280 g/mol. The zero-order chi connectivity index (χ0) is 14.0. The lowest BCUT2D eigenvalue weighted by Crippen LogP contribution is -2.07. The zero-order valence-electron chi connectivity index (χ0n) is 10.4. The number of anilines is 1. The van der Waals surface area contributed by atoms with Gasteiger partial charge in [0.15, 0.2) is 0 Å². The third-order valence-corrected chi connectivity index (χ3v) is 3.15. The number of methoxy groups -OCH3 is 1. The summed E-state index contributed by atoms with van der Waals surface area (Å²) < 4.78 is 28.0. The molecule has 0 aliphatic heterocycles. The summed E-state index contributed by atoms with van der Waals surface area (Å²) in [5.74, 6) is 0.615. The molecule has 0 saturated carbocycles. The van der Waals surface area contributed by atoms with Crippen LogP contribution in [0.2, 0.25) is 0 Å². The van der Waals surface area contributed by atoms with Crippen LogP contribution in [0.4, 0.5) is 5.82 Å². The minimum Gasteiger partial charge on any atom is -0.495 e. The molecule has 0 aliphatic rings. The second-order valence-corrected chi connectivity index (χ2v) is 5.76. The number of ether oxygens (including phenoxy) is 1.